The summed E-state index contributed by atoms with van der Waals surface area (Å²) >= 11 is 6.11. The van der Waals surface area contributed by atoms with Crippen molar-refractivity contribution in [1.29, 1.82) is 0 Å². The third-order valence-corrected chi connectivity index (χ3v) is 3.93. The van der Waals surface area contributed by atoms with Gasteiger partial charge in [0.05, 0.1) is 11.6 Å². The molecule has 0 bridgehead atoms. The normalized spacial score (nSPS) is 16.4. The van der Waals surface area contributed by atoms with E-state index in [4.69, 9.17) is 22.1 Å². The molecule has 120 valence electrons. The Morgan fingerprint density at radius 3 is 2.78 bits per heavy atom. The number of hydrogen-bond acceptors (Lipinski definition) is 3. The van der Waals surface area contributed by atoms with Crippen molar-refractivity contribution in [3.05, 3.63) is 58.1 Å². The van der Waals surface area contributed by atoms with E-state index in [0.717, 1.165) is 12.1 Å². The summed E-state index contributed by atoms with van der Waals surface area (Å²) in [7, 11) is 0. The number of nitrogens with two attached hydrogens (primary N) is 1. The number of hydrogen-bond donors (Lipinski definition) is 2. The fraction of sp³-hybridized carbons (Fsp3) is 0.188. The second-order valence-electron chi connectivity index (χ2n) is 5.17. The summed E-state index contributed by atoms with van der Waals surface area (Å²) in [6.07, 6.45) is 0.638. The molecular formula is C16H13ClF2N2O2. The monoisotopic (exact) mass is 338 g/mol. The van der Waals surface area contributed by atoms with Crippen LogP contribution in [0.2, 0.25) is 5.02 Å². The Labute approximate surface area is 136 Å². The lowest BCUT2D eigenvalue weighted by molar-refractivity contribution is 0.102. The molecule has 0 fully saturated rings. The summed E-state index contributed by atoms with van der Waals surface area (Å²) in [6.45, 7) is 0.375. The average molecular weight is 339 g/mol. The number of carbonyl (C=O) groups is 1. The van der Waals surface area contributed by atoms with Crippen LogP contribution < -0.4 is 15.8 Å². The summed E-state index contributed by atoms with van der Waals surface area (Å²) in [5, 5.41) is 2.67. The van der Waals surface area contributed by atoms with Crippen LogP contribution in [0.3, 0.4) is 0 Å². The maximum atomic E-state index is 13.2. The number of ether oxygens (including phenoxy) is 1. The second-order valence-corrected chi connectivity index (χ2v) is 5.57. The van der Waals surface area contributed by atoms with E-state index in [2.05, 4.69) is 5.32 Å². The Morgan fingerprint density at radius 1 is 1.26 bits per heavy atom. The number of amides is 1. The van der Waals surface area contributed by atoms with Crippen LogP contribution in [0.4, 0.5) is 14.5 Å². The first-order valence-electron chi connectivity index (χ1n) is 6.94. The molecule has 7 heteroatoms. The minimum absolute atomic E-state index is 0.114. The molecule has 1 aliphatic heterocycles. The van der Waals surface area contributed by atoms with Gasteiger partial charge < -0.3 is 15.8 Å². The van der Waals surface area contributed by atoms with Crippen LogP contribution in [-0.2, 0) is 0 Å². The van der Waals surface area contributed by atoms with Crippen molar-refractivity contribution in [2.24, 2.45) is 5.73 Å². The van der Waals surface area contributed by atoms with Crippen molar-refractivity contribution in [2.75, 3.05) is 11.9 Å². The fourth-order valence-corrected chi connectivity index (χ4v) is 2.68. The number of rotatable bonds is 2. The number of anilines is 1. The molecule has 1 unspecified atom stereocenters. The van der Waals surface area contributed by atoms with Crippen LogP contribution in [0.1, 0.15) is 28.4 Å². The number of benzene rings is 2. The van der Waals surface area contributed by atoms with Gasteiger partial charge in [0.15, 0.2) is 11.6 Å². The van der Waals surface area contributed by atoms with E-state index in [9.17, 15) is 13.6 Å². The van der Waals surface area contributed by atoms with Crippen LogP contribution >= 0.6 is 11.6 Å². The topological polar surface area (TPSA) is 64.3 Å². The number of fused-ring (bicyclic) bond motifs is 1. The highest BCUT2D eigenvalue weighted by Gasteiger charge is 2.26. The molecule has 3 rings (SSSR count). The van der Waals surface area contributed by atoms with E-state index in [1.54, 1.807) is 12.1 Å². The van der Waals surface area contributed by atoms with Crippen LogP contribution in [0.15, 0.2) is 30.3 Å². The summed E-state index contributed by atoms with van der Waals surface area (Å²) in [4.78, 5) is 12.5. The first kappa shape index (κ1) is 15.7. The third-order valence-electron chi connectivity index (χ3n) is 3.62. The van der Waals surface area contributed by atoms with Crippen molar-refractivity contribution < 1.29 is 18.3 Å². The van der Waals surface area contributed by atoms with Gasteiger partial charge in [-0.25, -0.2) is 8.78 Å². The first-order valence-corrected chi connectivity index (χ1v) is 7.32. The molecule has 1 amide bonds. The van der Waals surface area contributed by atoms with E-state index in [-0.39, 0.29) is 22.3 Å². The molecule has 1 atom stereocenters. The second kappa shape index (κ2) is 6.14. The van der Waals surface area contributed by atoms with Gasteiger partial charge in [0.25, 0.3) is 5.91 Å². The Bertz CT molecular complexity index is 783. The highest BCUT2D eigenvalue weighted by molar-refractivity contribution is 6.35. The molecule has 0 radical (unpaired) electrons. The van der Waals surface area contributed by atoms with E-state index < -0.39 is 17.5 Å². The molecule has 4 nitrogen and oxygen atoms in total. The van der Waals surface area contributed by atoms with Gasteiger partial charge >= 0.3 is 0 Å². The quantitative estimate of drug-likeness (QED) is 0.878. The van der Waals surface area contributed by atoms with Gasteiger partial charge in [-0.3, -0.25) is 4.79 Å². The smallest absolute Gasteiger partial charge is 0.260 e. The molecule has 23 heavy (non-hydrogen) atoms. The Morgan fingerprint density at radius 2 is 2.04 bits per heavy atom. The Hall–Kier alpha value is -2.18. The minimum Gasteiger partial charge on any atom is -0.492 e. The summed E-state index contributed by atoms with van der Waals surface area (Å²) in [6, 6.07) is 6.12. The standard InChI is InChI=1S/C16H13ClF2N2O2/c17-10-3-2-9-13(20)5-6-23-15(9)14(10)16(22)21-8-1-4-11(18)12(19)7-8/h1-4,7,13H,5-6,20H2,(H,21,22). The Kier molecular flexibility index (Phi) is 4.19. The van der Waals surface area contributed by atoms with Crippen molar-refractivity contribution in [1.82, 2.24) is 0 Å². The SMILES string of the molecule is NC1CCOc2c1ccc(Cl)c2C(=O)Nc1ccc(F)c(F)c1. The molecule has 0 aromatic heterocycles. The van der Waals surface area contributed by atoms with E-state index in [1.807, 2.05) is 0 Å². The van der Waals surface area contributed by atoms with Gasteiger partial charge in [-0.15, -0.1) is 0 Å². The van der Waals surface area contributed by atoms with Crippen molar-refractivity contribution in [3.63, 3.8) is 0 Å². The molecule has 1 heterocycles. The largest absolute Gasteiger partial charge is 0.492 e. The fourth-order valence-electron chi connectivity index (χ4n) is 2.44. The number of nitrogens with one attached hydrogen (secondary N) is 1. The molecule has 0 saturated heterocycles. The van der Waals surface area contributed by atoms with Gasteiger partial charge in [0.1, 0.15) is 11.3 Å². The van der Waals surface area contributed by atoms with Crippen LogP contribution in [-0.4, -0.2) is 12.5 Å². The molecule has 1 aliphatic rings. The highest BCUT2D eigenvalue weighted by Crippen LogP contribution is 2.37. The first-order chi connectivity index (χ1) is 11.0. The molecule has 2 aromatic rings. The number of halogens is 3. The van der Waals surface area contributed by atoms with Crippen molar-refractivity contribution in [2.45, 2.75) is 12.5 Å². The van der Waals surface area contributed by atoms with E-state index in [0.29, 0.717) is 24.3 Å². The average Bonchev–Trinajstić information content (AvgIpc) is 2.51. The van der Waals surface area contributed by atoms with Gasteiger partial charge in [-0.05, 0) is 18.2 Å². The lowest BCUT2D eigenvalue weighted by Gasteiger charge is -2.25. The zero-order chi connectivity index (χ0) is 16.6. The lowest BCUT2D eigenvalue weighted by Crippen LogP contribution is -2.24. The lowest BCUT2D eigenvalue weighted by atomic mass is 9.98. The van der Waals surface area contributed by atoms with Gasteiger partial charge in [0, 0.05) is 29.8 Å². The Balaban J connectivity index is 1.96. The summed E-state index contributed by atoms with van der Waals surface area (Å²) in [5.74, 6) is -2.29. The summed E-state index contributed by atoms with van der Waals surface area (Å²) < 4.78 is 31.7. The zero-order valence-corrected chi connectivity index (χ0v) is 12.7. The predicted molar refractivity (Wildman–Crippen MR) is 82.8 cm³/mol. The third kappa shape index (κ3) is 3.00. The van der Waals surface area contributed by atoms with Gasteiger partial charge in [-0.1, -0.05) is 17.7 Å². The van der Waals surface area contributed by atoms with E-state index in [1.165, 1.54) is 6.07 Å². The molecule has 0 aliphatic carbocycles. The minimum atomic E-state index is -1.05. The maximum absolute atomic E-state index is 13.2. The van der Waals surface area contributed by atoms with Crippen molar-refractivity contribution >= 4 is 23.2 Å². The van der Waals surface area contributed by atoms with Crippen LogP contribution in [0, 0.1) is 11.6 Å². The van der Waals surface area contributed by atoms with Crippen LogP contribution in [0.5, 0.6) is 5.75 Å². The van der Waals surface area contributed by atoms with Crippen LogP contribution in [0.25, 0.3) is 0 Å². The number of carbonyl (C=O) groups excluding carboxylic acids is 1. The van der Waals surface area contributed by atoms with Crippen molar-refractivity contribution in [3.8, 4) is 5.75 Å². The molecular weight excluding hydrogens is 326 g/mol. The predicted octanol–water partition coefficient (Wildman–Crippen LogP) is 3.65. The molecule has 2 aromatic carbocycles. The van der Waals surface area contributed by atoms with E-state index >= 15 is 0 Å². The molecule has 0 spiro atoms. The highest BCUT2D eigenvalue weighted by atomic mass is 35.5. The summed E-state index contributed by atoms with van der Waals surface area (Å²) in [5.41, 5.74) is 6.94. The van der Waals surface area contributed by atoms with Gasteiger partial charge in [0.2, 0.25) is 0 Å². The maximum Gasteiger partial charge on any atom is 0.260 e. The van der Waals surface area contributed by atoms with Gasteiger partial charge in [-0.2, -0.15) is 0 Å². The molecule has 0 saturated carbocycles. The zero-order valence-electron chi connectivity index (χ0n) is 11.9. The molecule has 3 N–H and O–H groups in total.